The first kappa shape index (κ1) is 15.4. The number of nitrogens with one attached hydrogen (secondary N) is 1. The Balaban J connectivity index is 2.84. The second-order valence-electron chi connectivity index (χ2n) is 4.80. The van der Waals surface area contributed by atoms with E-state index in [1.165, 1.54) is 6.20 Å². The first-order valence-electron chi connectivity index (χ1n) is 5.97. The van der Waals surface area contributed by atoms with Crippen LogP contribution in [0, 0.1) is 12.8 Å². The van der Waals surface area contributed by atoms with Crippen LogP contribution in [0.15, 0.2) is 12.3 Å². The maximum absolute atomic E-state index is 12.0. The number of hydrogen-bond acceptors (Lipinski definition) is 3. The summed E-state index contributed by atoms with van der Waals surface area (Å²) in [4.78, 5) is 27.0. The lowest BCUT2D eigenvalue weighted by molar-refractivity contribution is -0.139. The van der Waals surface area contributed by atoms with E-state index in [1.54, 1.807) is 13.0 Å². The molecule has 104 valence electrons. The molecule has 1 amide bonds. The van der Waals surface area contributed by atoms with Crippen LogP contribution in [-0.4, -0.2) is 28.0 Å². The Hall–Kier alpha value is -1.62. The highest BCUT2D eigenvalue weighted by Gasteiger charge is 2.22. The summed E-state index contributed by atoms with van der Waals surface area (Å²) < 4.78 is 0. The Morgan fingerprint density at radius 3 is 2.58 bits per heavy atom. The number of aliphatic carboxylic acids is 1. The van der Waals surface area contributed by atoms with Gasteiger partial charge in [-0.05, 0) is 25.3 Å². The zero-order valence-corrected chi connectivity index (χ0v) is 11.9. The van der Waals surface area contributed by atoms with Crippen molar-refractivity contribution < 1.29 is 14.7 Å². The number of carbonyl (C=O) groups is 2. The first-order chi connectivity index (χ1) is 8.81. The van der Waals surface area contributed by atoms with Crippen molar-refractivity contribution in [3.8, 4) is 0 Å². The Bertz CT molecular complexity index is 489. The van der Waals surface area contributed by atoms with Crippen LogP contribution in [-0.2, 0) is 4.79 Å². The molecule has 1 atom stereocenters. The number of aryl methyl sites for hydroxylation is 1. The molecule has 0 aliphatic heterocycles. The van der Waals surface area contributed by atoms with Crippen LogP contribution in [0.25, 0.3) is 0 Å². The lowest BCUT2D eigenvalue weighted by Crippen LogP contribution is -2.41. The van der Waals surface area contributed by atoms with E-state index in [0.29, 0.717) is 12.1 Å². The molecule has 0 radical (unpaired) electrons. The zero-order chi connectivity index (χ0) is 14.6. The molecule has 1 rings (SSSR count). The number of nitrogens with zero attached hydrogens (tertiary/aromatic N) is 1. The molecule has 1 aromatic rings. The van der Waals surface area contributed by atoms with Crippen molar-refractivity contribution in [1.29, 1.82) is 0 Å². The Labute approximate surface area is 117 Å². The molecule has 0 spiro atoms. The van der Waals surface area contributed by atoms with Crippen LogP contribution >= 0.6 is 11.6 Å². The van der Waals surface area contributed by atoms with Gasteiger partial charge in [-0.3, -0.25) is 9.78 Å². The molecule has 6 heteroatoms. The predicted octanol–water partition coefficient (Wildman–Crippen LogP) is 2.27. The fourth-order valence-electron chi connectivity index (χ4n) is 1.62. The number of amides is 1. The summed E-state index contributed by atoms with van der Waals surface area (Å²) >= 11 is 5.94. The Kier molecular flexibility index (Phi) is 5.30. The van der Waals surface area contributed by atoms with Crippen molar-refractivity contribution in [3.05, 3.63) is 28.5 Å². The van der Waals surface area contributed by atoms with Gasteiger partial charge in [0.05, 0.1) is 10.6 Å². The quantitative estimate of drug-likeness (QED) is 0.869. The summed E-state index contributed by atoms with van der Waals surface area (Å²) in [5, 5.41) is 11.8. The van der Waals surface area contributed by atoms with Crippen molar-refractivity contribution in [2.45, 2.75) is 33.2 Å². The SMILES string of the molecule is Cc1cc(Cl)c(C(=O)NC(CC(C)C)C(=O)O)cn1. The molecule has 0 bridgehead atoms. The van der Waals surface area contributed by atoms with Crippen molar-refractivity contribution >= 4 is 23.5 Å². The molecule has 0 saturated heterocycles. The number of rotatable bonds is 5. The molecular formula is C13H17ClN2O3. The van der Waals surface area contributed by atoms with Gasteiger partial charge in [0.1, 0.15) is 6.04 Å². The van der Waals surface area contributed by atoms with Gasteiger partial charge in [0.25, 0.3) is 5.91 Å². The second kappa shape index (κ2) is 6.52. The van der Waals surface area contributed by atoms with E-state index in [2.05, 4.69) is 10.3 Å². The fraction of sp³-hybridized carbons (Fsp3) is 0.462. The first-order valence-corrected chi connectivity index (χ1v) is 6.35. The fourth-order valence-corrected chi connectivity index (χ4v) is 1.91. The molecule has 5 nitrogen and oxygen atoms in total. The number of carboxylic acids is 1. The summed E-state index contributed by atoms with van der Waals surface area (Å²) in [6, 6.07) is 0.638. The van der Waals surface area contributed by atoms with Crippen LogP contribution in [0.5, 0.6) is 0 Å². The Morgan fingerprint density at radius 2 is 2.11 bits per heavy atom. The van der Waals surface area contributed by atoms with Crippen LogP contribution in [0.4, 0.5) is 0 Å². The molecule has 19 heavy (non-hydrogen) atoms. The van der Waals surface area contributed by atoms with Gasteiger partial charge in [0.15, 0.2) is 0 Å². The number of pyridine rings is 1. The highest BCUT2D eigenvalue weighted by atomic mass is 35.5. The molecule has 0 aliphatic rings. The minimum Gasteiger partial charge on any atom is -0.480 e. The maximum atomic E-state index is 12.0. The summed E-state index contributed by atoms with van der Waals surface area (Å²) in [6.07, 6.45) is 1.71. The number of carboxylic acid groups (broad SMARTS) is 1. The highest BCUT2D eigenvalue weighted by Crippen LogP contribution is 2.16. The van der Waals surface area contributed by atoms with Gasteiger partial charge in [0, 0.05) is 11.9 Å². The van der Waals surface area contributed by atoms with E-state index < -0.39 is 17.9 Å². The van der Waals surface area contributed by atoms with Gasteiger partial charge in [-0.2, -0.15) is 0 Å². The maximum Gasteiger partial charge on any atom is 0.326 e. The number of carbonyl (C=O) groups excluding carboxylic acids is 1. The van der Waals surface area contributed by atoms with E-state index in [-0.39, 0.29) is 16.5 Å². The molecule has 1 heterocycles. The predicted molar refractivity (Wildman–Crippen MR) is 72.3 cm³/mol. The average Bonchev–Trinajstić information content (AvgIpc) is 2.26. The average molecular weight is 285 g/mol. The third kappa shape index (κ3) is 4.52. The minimum atomic E-state index is -1.06. The van der Waals surface area contributed by atoms with Crippen molar-refractivity contribution in [2.24, 2.45) is 5.92 Å². The molecule has 0 aromatic carbocycles. The molecule has 2 N–H and O–H groups in total. The monoisotopic (exact) mass is 284 g/mol. The van der Waals surface area contributed by atoms with E-state index in [9.17, 15) is 9.59 Å². The molecule has 0 fully saturated rings. The van der Waals surface area contributed by atoms with Crippen molar-refractivity contribution in [2.75, 3.05) is 0 Å². The smallest absolute Gasteiger partial charge is 0.326 e. The van der Waals surface area contributed by atoms with Crippen LogP contribution in [0.3, 0.4) is 0 Å². The summed E-state index contributed by atoms with van der Waals surface area (Å²) in [5.41, 5.74) is 0.876. The van der Waals surface area contributed by atoms with E-state index in [1.807, 2.05) is 13.8 Å². The van der Waals surface area contributed by atoms with Crippen molar-refractivity contribution in [1.82, 2.24) is 10.3 Å². The van der Waals surface area contributed by atoms with Gasteiger partial charge in [-0.15, -0.1) is 0 Å². The zero-order valence-electron chi connectivity index (χ0n) is 11.1. The highest BCUT2D eigenvalue weighted by molar-refractivity contribution is 6.33. The standard InChI is InChI=1S/C13H17ClN2O3/c1-7(2)4-11(13(18)19)16-12(17)9-6-15-8(3)5-10(9)14/h5-7,11H,4H2,1-3H3,(H,16,17)(H,18,19). The van der Waals surface area contributed by atoms with Gasteiger partial charge >= 0.3 is 5.97 Å². The molecule has 0 aliphatic carbocycles. The summed E-state index contributed by atoms with van der Waals surface area (Å²) in [7, 11) is 0. The molecular weight excluding hydrogens is 268 g/mol. The third-order valence-electron chi connectivity index (χ3n) is 2.55. The molecule has 0 saturated carbocycles. The van der Waals surface area contributed by atoms with Crippen LogP contribution in [0.2, 0.25) is 5.02 Å². The van der Waals surface area contributed by atoms with Gasteiger partial charge in [-0.25, -0.2) is 4.79 Å². The Morgan fingerprint density at radius 1 is 1.47 bits per heavy atom. The van der Waals surface area contributed by atoms with Gasteiger partial charge < -0.3 is 10.4 Å². The lowest BCUT2D eigenvalue weighted by Gasteiger charge is -2.16. The molecule has 1 unspecified atom stereocenters. The third-order valence-corrected chi connectivity index (χ3v) is 2.86. The van der Waals surface area contributed by atoms with Gasteiger partial charge in [-0.1, -0.05) is 25.4 Å². The van der Waals surface area contributed by atoms with E-state index in [0.717, 1.165) is 0 Å². The van der Waals surface area contributed by atoms with Gasteiger partial charge in [0.2, 0.25) is 0 Å². The summed E-state index contributed by atoms with van der Waals surface area (Å²) in [6.45, 7) is 5.54. The second-order valence-corrected chi connectivity index (χ2v) is 5.21. The number of aromatic nitrogens is 1. The topological polar surface area (TPSA) is 79.3 Å². The molecule has 1 aromatic heterocycles. The van der Waals surface area contributed by atoms with Crippen LogP contribution < -0.4 is 5.32 Å². The number of halogens is 1. The number of hydrogen-bond donors (Lipinski definition) is 2. The summed E-state index contributed by atoms with van der Waals surface area (Å²) in [5.74, 6) is -1.42. The van der Waals surface area contributed by atoms with E-state index in [4.69, 9.17) is 16.7 Å². The minimum absolute atomic E-state index is 0.160. The normalized spacial score (nSPS) is 12.3. The van der Waals surface area contributed by atoms with Crippen molar-refractivity contribution in [3.63, 3.8) is 0 Å². The lowest BCUT2D eigenvalue weighted by atomic mass is 10.0. The van der Waals surface area contributed by atoms with Crippen LogP contribution in [0.1, 0.15) is 36.3 Å². The largest absolute Gasteiger partial charge is 0.480 e. The van der Waals surface area contributed by atoms with E-state index >= 15 is 0 Å².